The second kappa shape index (κ2) is 12.4. The molecule has 2 aliphatic rings. The van der Waals surface area contributed by atoms with Gasteiger partial charge >= 0.3 is 0 Å². The molecule has 0 aromatic rings. The van der Waals surface area contributed by atoms with Gasteiger partial charge in [-0.1, -0.05) is 39.5 Å². The van der Waals surface area contributed by atoms with Crippen molar-refractivity contribution >= 4 is 11.6 Å². The molecule has 21 heavy (non-hydrogen) atoms. The van der Waals surface area contributed by atoms with Crippen molar-refractivity contribution in [2.24, 2.45) is 11.8 Å². The zero-order valence-electron chi connectivity index (χ0n) is 13.8. The standard InChI is InChI=1S/2C9H16O.Fe/c2*1-2-5-9(10)8-6-3-4-7-8;/h2*8H,2-7H2,1H3;. The second-order valence-corrected chi connectivity index (χ2v) is 6.40. The number of ketones is 2. The first-order chi connectivity index (χ1) is 9.69. The Kier molecular flexibility index (Phi) is 12.3. The first kappa shape index (κ1) is 20.9. The maximum Gasteiger partial charge on any atom is 0.135 e. The van der Waals surface area contributed by atoms with E-state index >= 15 is 0 Å². The summed E-state index contributed by atoms with van der Waals surface area (Å²) in [6, 6.07) is 0. The van der Waals surface area contributed by atoms with Gasteiger partial charge in [0.15, 0.2) is 0 Å². The molecule has 3 heteroatoms. The summed E-state index contributed by atoms with van der Waals surface area (Å²) in [6.45, 7) is 4.15. The van der Waals surface area contributed by atoms with Gasteiger partial charge in [-0.2, -0.15) is 0 Å². The fraction of sp³-hybridized carbons (Fsp3) is 0.889. The molecule has 2 nitrogen and oxygen atoms in total. The molecule has 0 radical (unpaired) electrons. The monoisotopic (exact) mass is 336 g/mol. The third-order valence-corrected chi connectivity index (χ3v) is 4.61. The number of hydrogen-bond acceptors (Lipinski definition) is 2. The first-order valence-corrected chi connectivity index (χ1v) is 8.74. The normalized spacial score (nSPS) is 18.8. The number of carbonyl (C=O) groups is 2. The summed E-state index contributed by atoms with van der Waals surface area (Å²) in [5.74, 6) is 1.92. The zero-order chi connectivity index (χ0) is 14.8. The number of carbonyl (C=O) groups excluding carboxylic acids is 2. The summed E-state index contributed by atoms with van der Waals surface area (Å²) < 4.78 is 0. The van der Waals surface area contributed by atoms with Gasteiger partial charge in [0.1, 0.15) is 11.6 Å². The molecule has 0 amide bonds. The molecular formula is C18H32FeO2. The molecule has 0 spiro atoms. The molecule has 0 aromatic carbocycles. The van der Waals surface area contributed by atoms with E-state index in [1.165, 1.54) is 51.4 Å². The van der Waals surface area contributed by atoms with Crippen LogP contribution >= 0.6 is 0 Å². The van der Waals surface area contributed by atoms with Crippen LogP contribution in [0.4, 0.5) is 0 Å². The molecule has 0 aliphatic heterocycles. The molecule has 0 saturated heterocycles. The van der Waals surface area contributed by atoms with E-state index in [1.807, 2.05) is 0 Å². The van der Waals surface area contributed by atoms with Gasteiger partial charge in [0.25, 0.3) is 0 Å². The van der Waals surface area contributed by atoms with Gasteiger partial charge in [-0.05, 0) is 38.5 Å². The average Bonchev–Trinajstić information content (AvgIpc) is 3.14. The quantitative estimate of drug-likeness (QED) is 0.633. The van der Waals surface area contributed by atoms with Gasteiger partial charge in [0, 0.05) is 41.7 Å². The van der Waals surface area contributed by atoms with Gasteiger partial charge in [0.05, 0.1) is 0 Å². The summed E-state index contributed by atoms with van der Waals surface area (Å²) in [4.78, 5) is 22.5. The number of hydrogen-bond donors (Lipinski definition) is 0. The van der Waals surface area contributed by atoms with E-state index in [0.717, 1.165) is 25.7 Å². The Bertz CT molecular complexity index is 260. The molecule has 2 fully saturated rings. The molecule has 2 aliphatic carbocycles. The molecule has 124 valence electrons. The summed E-state index contributed by atoms with van der Waals surface area (Å²) in [5.41, 5.74) is 0. The summed E-state index contributed by atoms with van der Waals surface area (Å²) in [6.07, 6.45) is 13.4. The minimum atomic E-state index is 0. The Balaban J connectivity index is 0.000000364. The Morgan fingerprint density at radius 3 is 1.24 bits per heavy atom. The Hall–Kier alpha value is -0.141. The molecule has 0 atom stereocenters. The van der Waals surface area contributed by atoms with Crippen LogP contribution < -0.4 is 0 Å². The van der Waals surface area contributed by atoms with Crippen LogP contribution in [0, 0.1) is 11.8 Å². The number of Topliss-reactive ketones (excluding diaryl/α,β-unsaturated/α-hetero) is 2. The third-order valence-electron chi connectivity index (χ3n) is 4.61. The van der Waals surface area contributed by atoms with Crippen molar-refractivity contribution in [3.05, 3.63) is 0 Å². The van der Waals surface area contributed by atoms with Crippen LogP contribution in [-0.2, 0) is 26.7 Å². The molecule has 0 heterocycles. The van der Waals surface area contributed by atoms with E-state index in [0.29, 0.717) is 23.4 Å². The van der Waals surface area contributed by atoms with Crippen molar-refractivity contribution in [1.29, 1.82) is 0 Å². The fourth-order valence-electron chi connectivity index (χ4n) is 3.40. The van der Waals surface area contributed by atoms with E-state index in [-0.39, 0.29) is 17.1 Å². The predicted octanol–water partition coefficient (Wildman–Crippen LogP) is 5.09. The summed E-state index contributed by atoms with van der Waals surface area (Å²) in [7, 11) is 0. The molecule has 0 unspecified atom stereocenters. The van der Waals surface area contributed by atoms with Crippen LogP contribution in [0.25, 0.3) is 0 Å². The van der Waals surface area contributed by atoms with Crippen LogP contribution in [-0.4, -0.2) is 11.6 Å². The molecule has 0 N–H and O–H groups in total. The largest absolute Gasteiger partial charge is 0.299 e. The van der Waals surface area contributed by atoms with Gasteiger partial charge in [-0.15, -0.1) is 0 Å². The van der Waals surface area contributed by atoms with E-state index < -0.39 is 0 Å². The van der Waals surface area contributed by atoms with Crippen molar-refractivity contribution in [3.8, 4) is 0 Å². The van der Waals surface area contributed by atoms with Gasteiger partial charge in [0.2, 0.25) is 0 Å². The molecule has 2 rings (SSSR count). The van der Waals surface area contributed by atoms with Crippen molar-refractivity contribution < 1.29 is 26.7 Å². The zero-order valence-corrected chi connectivity index (χ0v) is 14.9. The summed E-state index contributed by atoms with van der Waals surface area (Å²) >= 11 is 0. The Labute approximate surface area is 141 Å². The Morgan fingerprint density at radius 1 is 0.714 bits per heavy atom. The van der Waals surface area contributed by atoms with Crippen molar-refractivity contribution in [2.75, 3.05) is 0 Å². The van der Waals surface area contributed by atoms with Crippen LogP contribution in [0.3, 0.4) is 0 Å². The van der Waals surface area contributed by atoms with Crippen molar-refractivity contribution in [1.82, 2.24) is 0 Å². The van der Waals surface area contributed by atoms with E-state index in [4.69, 9.17) is 0 Å². The summed E-state index contributed by atoms with van der Waals surface area (Å²) in [5, 5.41) is 0. The molecular weight excluding hydrogens is 304 g/mol. The SMILES string of the molecule is CCCC(=O)C1CCCC1.CCCC(=O)C1CCCC1.[Fe]. The van der Waals surface area contributed by atoms with E-state index in [9.17, 15) is 9.59 Å². The average molecular weight is 336 g/mol. The molecule has 2 saturated carbocycles. The van der Waals surface area contributed by atoms with Gasteiger partial charge < -0.3 is 0 Å². The number of rotatable bonds is 6. The smallest absolute Gasteiger partial charge is 0.135 e. The van der Waals surface area contributed by atoms with Gasteiger partial charge in [-0.3, -0.25) is 9.59 Å². The predicted molar refractivity (Wildman–Crippen MR) is 83.7 cm³/mol. The van der Waals surface area contributed by atoms with Gasteiger partial charge in [-0.25, -0.2) is 0 Å². The van der Waals surface area contributed by atoms with Crippen LogP contribution in [0.5, 0.6) is 0 Å². The maximum absolute atomic E-state index is 11.2. The van der Waals surface area contributed by atoms with E-state index in [2.05, 4.69) is 13.8 Å². The first-order valence-electron chi connectivity index (χ1n) is 8.74. The van der Waals surface area contributed by atoms with Crippen molar-refractivity contribution in [2.45, 2.75) is 90.9 Å². The Morgan fingerprint density at radius 2 is 1.00 bits per heavy atom. The maximum atomic E-state index is 11.2. The third kappa shape index (κ3) is 8.16. The minimum absolute atomic E-state index is 0. The topological polar surface area (TPSA) is 34.1 Å². The van der Waals surface area contributed by atoms with Crippen LogP contribution in [0.15, 0.2) is 0 Å². The van der Waals surface area contributed by atoms with Crippen LogP contribution in [0.1, 0.15) is 90.9 Å². The molecule has 0 bridgehead atoms. The second-order valence-electron chi connectivity index (χ2n) is 6.40. The van der Waals surface area contributed by atoms with E-state index in [1.54, 1.807) is 0 Å². The fourth-order valence-corrected chi connectivity index (χ4v) is 3.40. The van der Waals surface area contributed by atoms with Crippen molar-refractivity contribution in [3.63, 3.8) is 0 Å². The molecule has 0 aromatic heterocycles. The minimum Gasteiger partial charge on any atom is -0.299 e. The van der Waals surface area contributed by atoms with Crippen LogP contribution in [0.2, 0.25) is 0 Å².